The molecule has 2 aromatic rings. The van der Waals surface area contributed by atoms with Gasteiger partial charge in [0.15, 0.2) is 0 Å². The lowest BCUT2D eigenvalue weighted by Crippen LogP contribution is -2.21. The number of rotatable bonds is 7. The molecule has 0 heterocycles. The van der Waals surface area contributed by atoms with Crippen molar-refractivity contribution < 1.29 is 4.43 Å². The number of fused-ring (bicyclic) bond motifs is 1. The molecule has 0 amide bonds. The topological polar surface area (TPSA) is 9.23 Å². The minimum absolute atomic E-state index is 0.138. The van der Waals surface area contributed by atoms with Crippen LogP contribution < -0.4 is 4.43 Å². The molecule has 119 valence electrons. The molecule has 0 saturated carbocycles. The Morgan fingerprint density at radius 1 is 1.05 bits per heavy atom. The fraction of sp³-hybridized carbons (Fsp3) is 0.474. The Morgan fingerprint density at radius 2 is 1.77 bits per heavy atom. The van der Waals surface area contributed by atoms with E-state index >= 15 is 0 Å². The molecule has 0 aromatic heterocycles. The van der Waals surface area contributed by atoms with Crippen LogP contribution in [0, 0.1) is 0 Å². The quantitative estimate of drug-likeness (QED) is 0.312. The zero-order valence-corrected chi connectivity index (χ0v) is 16.7. The van der Waals surface area contributed by atoms with E-state index in [1.54, 1.807) is 0 Å². The second kappa shape index (κ2) is 7.65. The first-order chi connectivity index (χ1) is 10.5. The molecule has 0 saturated heterocycles. The molecule has 0 aliphatic carbocycles. The first-order valence-corrected chi connectivity index (χ1v) is 11.5. The van der Waals surface area contributed by atoms with Crippen LogP contribution in [0.25, 0.3) is 10.8 Å². The van der Waals surface area contributed by atoms with Crippen molar-refractivity contribution in [3.05, 3.63) is 42.0 Å². The Balaban J connectivity index is 2.47. The van der Waals surface area contributed by atoms with Gasteiger partial charge in [0.05, 0.1) is 0 Å². The molecule has 1 radical (unpaired) electrons. The second-order valence-electron chi connectivity index (χ2n) is 6.70. The highest BCUT2D eigenvalue weighted by atomic mass is 79.9. The highest BCUT2D eigenvalue weighted by Gasteiger charge is 2.25. The highest BCUT2D eigenvalue weighted by molar-refractivity contribution is 9.09. The highest BCUT2D eigenvalue weighted by Crippen LogP contribution is 2.40. The summed E-state index contributed by atoms with van der Waals surface area (Å²) in [6, 6.07) is 13.1. The van der Waals surface area contributed by atoms with Gasteiger partial charge in [-0.1, -0.05) is 72.6 Å². The monoisotopic (exact) mass is 377 g/mol. The van der Waals surface area contributed by atoms with E-state index in [2.05, 4.69) is 79.3 Å². The number of benzene rings is 2. The summed E-state index contributed by atoms with van der Waals surface area (Å²) in [6.07, 6.45) is 3.65. The summed E-state index contributed by atoms with van der Waals surface area (Å²) in [5, 5.41) is 3.60. The number of halogens is 1. The first kappa shape index (κ1) is 17.5. The van der Waals surface area contributed by atoms with E-state index < -0.39 is 9.04 Å². The summed E-state index contributed by atoms with van der Waals surface area (Å²) in [7, 11) is -0.791. The molecule has 2 aromatic carbocycles. The van der Waals surface area contributed by atoms with Crippen LogP contribution in [0.5, 0.6) is 5.75 Å². The largest absolute Gasteiger partial charge is 0.542 e. The lowest BCUT2D eigenvalue weighted by molar-refractivity contribution is 0.441. The van der Waals surface area contributed by atoms with E-state index in [0.717, 1.165) is 11.1 Å². The zero-order chi connectivity index (χ0) is 16.2. The van der Waals surface area contributed by atoms with Crippen molar-refractivity contribution in [1.29, 1.82) is 0 Å². The number of hydrogen-bond acceptors (Lipinski definition) is 1. The van der Waals surface area contributed by atoms with Gasteiger partial charge in [-0.05, 0) is 42.3 Å². The van der Waals surface area contributed by atoms with E-state index in [0.29, 0.717) is 0 Å². The Kier molecular flexibility index (Phi) is 6.10. The number of unbranched alkanes of at least 4 members (excludes halogenated alkanes) is 1. The summed E-state index contributed by atoms with van der Waals surface area (Å²) in [4.78, 5) is 0. The van der Waals surface area contributed by atoms with Crippen LogP contribution in [0.3, 0.4) is 0 Å². The molecule has 0 unspecified atom stereocenters. The van der Waals surface area contributed by atoms with E-state index in [-0.39, 0.29) is 5.41 Å². The molecule has 0 fully saturated rings. The molecule has 0 aliphatic rings. The summed E-state index contributed by atoms with van der Waals surface area (Å²) < 4.78 is 6.34. The van der Waals surface area contributed by atoms with Gasteiger partial charge in [0, 0.05) is 10.7 Å². The normalized spacial score (nSPS) is 12.1. The van der Waals surface area contributed by atoms with Crippen molar-refractivity contribution in [2.75, 3.05) is 5.33 Å². The van der Waals surface area contributed by atoms with E-state index in [4.69, 9.17) is 4.43 Å². The summed E-state index contributed by atoms with van der Waals surface area (Å²) in [5.74, 6) is 1.11. The SMILES string of the molecule is C[Si](C)Oc1c(C(C)(C)CCCCBr)ccc2ccccc12. The predicted octanol–water partition coefficient (Wildman–Crippen LogP) is 6.31. The molecule has 0 spiro atoms. The van der Waals surface area contributed by atoms with Gasteiger partial charge in [-0.3, -0.25) is 0 Å². The van der Waals surface area contributed by atoms with Crippen molar-refractivity contribution in [2.45, 2.75) is 51.6 Å². The second-order valence-corrected chi connectivity index (χ2v) is 9.52. The first-order valence-electron chi connectivity index (χ1n) is 8.02. The predicted molar refractivity (Wildman–Crippen MR) is 103 cm³/mol. The van der Waals surface area contributed by atoms with Crippen molar-refractivity contribution in [3.8, 4) is 5.75 Å². The molecule has 0 aliphatic heterocycles. The van der Waals surface area contributed by atoms with Gasteiger partial charge in [0.2, 0.25) is 0 Å². The van der Waals surface area contributed by atoms with Crippen LogP contribution in [0.2, 0.25) is 13.1 Å². The Morgan fingerprint density at radius 3 is 2.45 bits per heavy atom. The van der Waals surface area contributed by atoms with Crippen LogP contribution >= 0.6 is 15.9 Å². The molecule has 0 atom stereocenters. The molecule has 3 heteroatoms. The third-order valence-corrected chi connectivity index (χ3v) is 5.27. The van der Waals surface area contributed by atoms with Crippen molar-refractivity contribution in [1.82, 2.24) is 0 Å². The third-order valence-electron chi connectivity index (χ3n) is 4.10. The van der Waals surface area contributed by atoms with Crippen LogP contribution in [-0.4, -0.2) is 14.4 Å². The number of alkyl halides is 1. The van der Waals surface area contributed by atoms with Gasteiger partial charge >= 0.3 is 0 Å². The van der Waals surface area contributed by atoms with Gasteiger partial charge in [-0.2, -0.15) is 0 Å². The summed E-state index contributed by atoms with van der Waals surface area (Å²) in [5.41, 5.74) is 1.49. The molecular weight excluding hydrogens is 352 g/mol. The van der Waals surface area contributed by atoms with E-state index in [1.807, 2.05) is 0 Å². The Labute approximate surface area is 144 Å². The maximum atomic E-state index is 6.34. The molecule has 0 bridgehead atoms. The molecular formula is C19H26BrOSi. The fourth-order valence-corrected chi connectivity index (χ4v) is 3.91. The average molecular weight is 378 g/mol. The zero-order valence-electron chi connectivity index (χ0n) is 14.1. The van der Waals surface area contributed by atoms with Crippen LogP contribution in [-0.2, 0) is 5.41 Å². The van der Waals surface area contributed by atoms with Crippen molar-refractivity contribution in [2.24, 2.45) is 0 Å². The van der Waals surface area contributed by atoms with Crippen molar-refractivity contribution >= 4 is 35.7 Å². The van der Waals surface area contributed by atoms with Gasteiger partial charge in [0.1, 0.15) is 5.75 Å². The summed E-state index contributed by atoms with van der Waals surface area (Å²) >= 11 is 3.53. The lowest BCUT2D eigenvalue weighted by Gasteiger charge is -2.29. The molecule has 22 heavy (non-hydrogen) atoms. The maximum Gasteiger partial charge on any atom is 0.274 e. The minimum atomic E-state index is -0.791. The van der Waals surface area contributed by atoms with E-state index in [1.165, 1.54) is 35.6 Å². The number of hydrogen-bond donors (Lipinski definition) is 0. The lowest BCUT2D eigenvalue weighted by atomic mass is 9.79. The average Bonchev–Trinajstić information content (AvgIpc) is 2.47. The molecule has 1 nitrogen and oxygen atoms in total. The van der Waals surface area contributed by atoms with Crippen LogP contribution in [0.1, 0.15) is 38.7 Å². The van der Waals surface area contributed by atoms with Crippen molar-refractivity contribution in [3.63, 3.8) is 0 Å². The van der Waals surface area contributed by atoms with Gasteiger partial charge in [-0.25, -0.2) is 0 Å². The van der Waals surface area contributed by atoms with E-state index in [9.17, 15) is 0 Å². The Bertz CT molecular complexity index is 622. The molecule has 0 N–H and O–H groups in total. The standard InChI is InChI=1S/C19H26BrOSi/c1-19(2,13-7-8-14-20)17-12-11-15-9-5-6-10-16(15)18(17)21-22(3)4/h5-6,9-12H,7-8,13-14H2,1-4H3. The molecule has 2 rings (SSSR count). The smallest absolute Gasteiger partial charge is 0.274 e. The van der Waals surface area contributed by atoms with Gasteiger partial charge < -0.3 is 4.43 Å². The third kappa shape index (κ3) is 4.14. The van der Waals surface area contributed by atoms with Crippen LogP contribution in [0.4, 0.5) is 0 Å². The Hall–Kier alpha value is -0.803. The fourth-order valence-electron chi connectivity index (χ4n) is 2.89. The van der Waals surface area contributed by atoms with Gasteiger partial charge in [-0.15, -0.1) is 0 Å². The minimum Gasteiger partial charge on any atom is -0.542 e. The van der Waals surface area contributed by atoms with Crippen LogP contribution in [0.15, 0.2) is 36.4 Å². The summed E-state index contributed by atoms with van der Waals surface area (Å²) in [6.45, 7) is 9.09. The maximum absolute atomic E-state index is 6.34. The van der Waals surface area contributed by atoms with Gasteiger partial charge in [0.25, 0.3) is 9.04 Å².